The van der Waals surface area contributed by atoms with Crippen LogP contribution in [0.2, 0.25) is 0 Å². The molecule has 0 aliphatic rings. The summed E-state index contributed by atoms with van der Waals surface area (Å²) in [6.45, 7) is 3.88. The molecule has 0 radical (unpaired) electrons. The summed E-state index contributed by atoms with van der Waals surface area (Å²) in [6.07, 6.45) is 1.64. The first kappa shape index (κ1) is 17.6. The molecular weight excluding hydrogens is 324 g/mol. The number of amides is 1. The number of carbonyl (C=O) groups excluding carboxylic acids is 1. The van der Waals surface area contributed by atoms with Crippen molar-refractivity contribution in [3.63, 3.8) is 0 Å². The molecule has 0 bridgehead atoms. The maximum absolute atomic E-state index is 12.6. The van der Waals surface area contributed by atoms with Gasteiger partial charge in [0.2, 0.25) is 0 Å². The number of pyridine rings is 1. The highest BCUT2D eigenvalue weighted by Crippen LogP contribution is 2.20. The van der Waals surface area contributed by atoms with E-state index >= 15 is 0 Å². The lowest BCUT2D eigenvalue weighted by atomic mass is 10.1. The Hall–Kier alpha value is -3.21. The fourth-order valence-electron chi connectivity index (χ4n) is 2.74. The lowest BCUT2D eigenvalue weighted by Crippen LogP contribution is -2.18. The van der Waals surface area contributed by atoms with Crippen LogP contribution < -0.4 is 10.3 Å². The molecule has 26 heavy (non-hydrogen) atoms. The number of nitrogens with zero attached hydrogens (tertiary/aromatic N) is 3. The van der Waals surface area contributed by atoms with E-state index in [9.17, 15) is 4.79 Å². The minimum atomic E-state index is -0.243. The number of anilines is 1. The topological polar surface area (TPSA) is 57.6 Å². The molecule has 0 saturated heterocycles. The summed E-state index contributed by atoms with van der Waals surface area (Å²) >= 11 is 0. The Morgan fingerprint density at radius 2 is 1.81 bits per heavy atom. The number of rotatable bonds is 4. The molecule has 5 nitrogen and oxygen atoms in total. The Morgan fingerprint density at radius 1 is 1.08 bits per heavy atom. The van der Waals surface area contributed by atoms with Crippen LogP contribution >= 0.6 is 0 Å². The van der Waals surface area contributed by atoms with Gasteiger partial charge >= 0.3 is 0 Å². The van der Waals surface area contributed by atoms with E-state index in [1.165, 1.54) is 0 Å². The molecule has 1 N–H and O–H groups in total. The normalized spacial score (nSPS) is 11.1. The van der Waals surface area contributed by atoms with Crippen molar-refractivity contribution >= 4 is 28.7 Å². The lowest BCUT2D eigenvalue weighted by molar-refractivity contribution is 0.0956. The van der Waals surface area contributed by atoms with Gasteiger partial charge in [-0.3, -0.25) is 9.78 Å². The number of hydrogen-bond donors (Lipinski definition) is 1. The number of nitrogens with one attached hydrogen (secondary N) is 1. The molecule has 3 aromatic rings. The zero-order valence-electron chi connectivity index (χ0n) is 15.4. The number of carbonyl (C=O) groups is 1. The Morgan fingerprint density at radius 3 is 2.50 bits per heavy atom. The summed E-state index contributed by atoms with van der Waals surface area (Å²) in [7, 11) is 3.98. The van der Waals surface area contributed by atoms with Gasteiger partial charge in [0.25, 0.3) is 5.91 Å². The van der Waals surface area contributed by atoms with E-state index in [0.29, 0.717) is 5.56 Å². The first-order chi connectivity index (χ1) is 12.4. The summed E-state index contributed by atoms with van der Waals surface area (Å²) in [4.78, 5) is 19.1. The van der Waals surface area contributed by atoms with Gasteiger partial charge < -0.3 is 4.90 Å². The number of aromatic nitrogens is 1. The van der Waals surface area contributed by atoms with Crippen molar-refractivity contribution in [1.82, 2.24) is 10.4 Å². The van der Waals surface area contributed by atoms with Gasteiger partial charge in [-0.1, -0.05) is 23.8 Å². The summed E-state index contributed by atoms with van der Waals surface area (Å²) < 4.78 is 0. The van der Waals surface area contributed by atoms with Crippen molar-refractivity contribution in [3.05, 3.63) is 70.9 Å². The van der Waals surface area contributed by atoms with Gasteiger partial charge in [-0.2, -0.15) is 5.10 Å². The highest BCUT2D eigenvalue weighted by Gasteiger charge is 2.11. The number of benzene rings is 2. The summed E-state index contributed by atoms with van der Waals surface area (Å²) in [5, 5.41) is 4.92. The van der Waals surface area contributed by atoms with E-state index < -0.39 is 0 Å². The Bertz CT molecular complexity index is 975. The fourth-order valence-corrected chi connectivity index (χ4v) is 2.74. The molecule has 0 atom stereocenters. The van der Waals surface area contributed by atoms with E-state index in [0.717, 1.165) is 33.4 Å². The minimum absolute atomic E-state index is 0.243. The summed E-state index contributed by atoms with van der Waals surface area (Å²) in [6, 6.07) is 15.6. The van der Waals surface area contributed by atoms with Crippen molar-refractivity contribution in [1.29, 1.82) is 0 Å². The van der Waals surface area contributed by atoms with E-state index in [-0.39, 0.29) is 5.91 Å². The van der Waals surface area contributed by atoms with Crippen LogP contribution in [0.1, 0.15) is 27.2 Å². The number of aryl methyl sites for hydroxylation is 2. The molecule has 5 heteroatoms. The quantitative estimate of drug-likeness (QED) is 0.579. The maximum Gasteiger partial charge on any atom is 0.272 e. The van der Waals surface area contributed by atoms with Crippen molar-refractivity contribution in [2.45, 2.75) is 13.8 Å². The van der Waals surface area contributed by atoms with Crippen LogP contribution in [0.25, 0.3) is 10.9 Å². The van der Waals surface area contributed by atoms with E-state index in [2.05, 4.69) is 15.5 Å². The predicted molar refractivity (Wildman–Crippen MR) is 107 cm³/mol. The van der Waals surface area contributed by atoms with Gasteiger partial charge in [0, 0.05) is 30.9 Å². The van der Waals surface area contributed by atoms with Gasteiger partial charge in [0.1, 0.15) is 0 Å². The van der Waals surface area contributed by atoms with Gasteiger partial charge in [-0.25, -0.2) is 5.43 Å². The monoisotopic (exact) mass is 346 g/mol. The van der Waals surface area contributed by atoms with Crippen molar-refractivity contribution in [3.8, 4) is 0 Å². The maximum atomic E-state index is 12.6. The zero-order chi connectivity index (χ0) is 18.7. The van der Waals surface area contributed by atoms with Gasteiger partial charge in [0.15, 0.2) is 0 Å². The van der Waals surface area contributed by atoms with Gasteiger partial charge in [-0.15, -0.1) is 0 Å². The number of hydrazone groups is 1. The second kappa shape index (κ2) is 7.35. The average Bonchev–Trinajstić information content (AvgIpc) is 2.61. The standard InChI is InChI=1S/C21H22N4O/c1-14-5-10-20-18(11-14)19(12-15(2)23-20)21(26)24-22-13-16-6-8-17(9-7-16)25(3)4/h5-13H,1-4H3,(H,24,26). The predicted octanol–water partition coefficient (Wildman–Crippen LogP) is 3.68. The number of hydrogen-bond acceptors (Lipinski definition) is 4. The second-order valence-corrected chi connectivity index (χ2v) is 6.52. The highest BCUT2D eigenvalue weighted by molar-refractivity contribution is 6.06. The molecule has 132 valence electrons. The molecule has 3 rings (SSSR count). The molecule has 0 fully saturated rings. The molecule has 0 unspecified atom stereocenters. The zero-order valence-corrected chi connectivity index (χ0v) is 15.4. The van der Waals surface area contributed by atoms with Crippen molar-refractivity contribution in [2.75, 3.05) is 19.0 Å². The Labute approximate surface area is 153 Å². The SMILES string of the molecule is Cc1ccc2nc(C)cc(C(=O)NN=Cc3ccc(N(C)C)cc3)c2c1. The van der Waals surface area contributed by atoms with Crippen LogP contribution in [0.3, 0.4) is 0 Å². The molecule has 0 saturated carbocycles. The molecular formula is C21H22N4O. The van der Waals surface area contributed by atoms with Crippen LogP contribution in [0.15, 0.2) is 53.6 Å². The molecule has 1 amide bonds. The fraction of sp³-hybridized carbons (Fsp3) is 0.190. The molecule has 0 spiro atoms. The van der Waals surface area contributed by atoms with E-state index in [1.54, 1.807) is 12.3 Å². The lowest BCUT2D eigenvalue weighted by Gasteiger charge is -2.11. The van der Waals surface area contributed by atoms with Crippen LogP contribution in [0, 0.1) is 13.8 Å². The minimum Gasteiger partial charge on any atom is -0.378 e. The largest absolute Gasteiger partial charge is 0.378 e. The molecule has 1 heterocycles. The Kier molecular flexibility index (Phi) is 4.98. The second-order valence-electron chi connectivity index (χ2n) is 6.52. The van der Waals surface area contributed by atoms with Gasteiger partial charge in [-0.05, 0) is 49.7 Å². The third-order valence-electron chi connectivity index (χ3n) is 4.13. The van der Waals surface area contributed by atoms with Gasteiger partial charge in [0.05, 0.1) is 17.3 Å². The molecule has 1 aromatic heterocycles. The van der Waals surface area contributed by atoms with Crippen LogP contribution in [0.5, 0.6) is 0 Å². The third kappa shape index (κ3) is 3.88. The van der Waals surface area contributed by atoms with Crippen molar-refractivity contribution in [2.24, 2.45) is 5.10 Å². The molecule has 0 aliphatic heterocycles. The molecule has 2 aromatic carbocycles. The first-order valence-electron chi connectivity index (χ1n) is 8.43. The number of fused-ring (bicyclic) bond motifs is 1. The van der Waals surface area contributed by atoms with Crippen LogP contribution in [-0.4, -0.2) is 31.2 Å². The summed E-state index contributed by atoms with van der Waals surface area (Å²) in [5.74, 6) is -0.243. The third-order valence-corrected chi connectivity index (χ3v) is 4.13. The van der Waals surface area contributed by atoms with Crippen molar-refractivity contribution < 1.29 is 4.79 Å². The smallest absolute Gasteiger partial charge is 0.272 e. The Balaban J connectivity index is 1.80. The molecule has 0 aliphatic carbocycles. The summed E-state index contributed by atoms with van der Waals surface area (Å²) in [5.41, 5.74) is 7.92. The highest BCUT2D eigenvalue weighted by atomic mass is 16.2. The van der Waals surface area contributed by atoms with E-state index in [4.69, 9.17) is 0 Å². The average molecular weight is 346 g/mol. The van der Waals surface area contributed by atoms with Crippen LogP contribution in [-0.2, 0) is 0 Å². The van der Waals surface area contributed by atoms with E-state index in [1.807, 2.05) is 75.3 Å². The van der Waals surface area contributed by atoms with Crippen LogP contribution in [0.4, 0.5) is 5.69 Å². The first-order valence-corrected chi connectivity index (χ1v) is 8.43.